The van der Waals surface area contributed by atoms with Crippen LogP contribution in [0.5, 0.6) is 0 Å². The van der Waals surface area contributed by atoms with Gasteiger partial charge in [-0.05, 0) is 52.9 Å². The highest BCUT2D eigenvalue weighted by atomic mass is 79.9. The van der Waals surface area contributed by atoms with E-state index >= 15 is 0 Å². The molecule has 1 fully saturated rings. The molecule has 0 bridgehead atoms. The first-order valence-electron chi connectivity index (χ1n) is 6.50. The van der Waals surface area contributed by atoms with Gasteiger partial charge in [0, 0.05) is 24.2 Å². The summed E-state index contributed by atoms with van der Waals surface area (Å²) in [5.74, 6) is -0.788. The molecule has 21 heavy (non-hydrogen) atoms. The van der Waals surface area contributed by atoms with Crippen molar-refractivity contribution in [2.24, 2.45) is 5.92 Å². The number of benzene rings is 1. The fourth-order valence-corrected chi connectivity index (χ4v) is 4.16. The average Bonchev–Trinajstić information content (AvgIpc) is 2.91. The number of halogens is 1. The number of nitrogens with one attached hydrogen (secondary N) is 1. The van der Waals surface area contributed by atoms with Gasteiger partial charge < -0.3 is 9.84 Å². The summed E-state index contributed by atoms with van der Waals surface area (Å²) in [6.07, 6.45) is 1.65. The number of sulfonamides is 1. The Kier molecular flexibility index (Phi) is 5.37. The van der Waals surface area contributed by atoms with Crippen LogP contribution in [0.4, 0.5) is 0 Å². The van der Waals surface area contributed by atoms with Gasteiger partial charge in [-0.15, -0.1) is 0 Å². The molecule has 1 unspecified atom stereocenters. The van der Waals surface area contributed by atoms with E-state index in [9.17, 15) is 13.2 Å². The van der Waals surface area contributed by atoms with Gasteiger partial charge in [0.25, 0.3) is 0 Å². The minimum absolute atomic E-state index is 0.0647. The molecule has 1 saturated heterocycles. The summed E-state index contributed by atoms with van der Waals surface area (Å²) in [4.78, 5) is 10.9. The fraction of sp³-hybridized carbons (Fsp3) is 0.462. The number of rotatable bonds is 6. The third kappa shape index (κ3) is 4.26. The Morgan fingerprint density at radius 2 is 2.24 bits per heavy atom. The van der Waals surface area contributed by atoms with Crippen molar-refractivity contribution in [1.82, 2.24) is 4.72 Å². The van der Waals surface area contributed by atoms with E-state index in [1.54, 1.807) is 0 Å². The Balaban J connectivity index is 2.07. The molecule has 0 radical (unpaired) electrons. The molecule has 2 N–H and O–H groups in total. The zero-order valence-corrected chi connectivity index (χ0v) is 13.6. The van der Waals surface area contributed by atoms with Crippen molar-refractivity contribution < 1.29 is 23.1 Å². The molecule has 1 aromatic rings. The van der Waals surface area contributed by atoms with Crippen LogP contribution in [-0.2, 0) is 14.8 Å². The number of carbonyl (C=O) groups is 1. The van der Waals surface area contributed by atoms with Crippen LogP contribution in [0.3, 0.4) is 0 Å². The second kappa shape index (κ2) is 6.87. The Morgan fingerprint density at radius 3 is 2.86 bits per heavy atom. The first-order chi connectivity index (χ1) is 9.90. The van der Waals surface area contributed by atoms with Gasteiger partial charge in [-0.25, -0.2) is 17.9 Å². The molecule has 0 spiro atoms. The van der Waals surface area contributed by atoms with Crippen molar-refractivity contribution in [3.05, 3.63) is 28.2 Å². The van der Waals surface area contributed by atoms with E-state index in [4.69, 9.17) is 9.84 Å². The maximum Gasteiger partial charge on any atom is 0.335 e. The maximum atomic E-state index is 12.2. The standard InChI is InChI=1S/C13H16BrNO5S/c14-11-2-1-10(13(16)17)7-12(11)21(18,19)15-5-3-9-4-6-20-8-9/h1-2,7,9,15H,3-6,8H2,(H,16,17). The molecule has 0 saturated carbocycles. The topological polar surface area (TPSA) is 92.7 Å². The van der Waals surface area contributed by atoms with Gasteiger partial charge in [0.2, 0.25) is 10.0 Å². The second-order valence-electron chi connectivity index (χ2n) is 4.87. The molecule has 2 rings (SSSR count). The van der Waals surface area contributed by atoms with Crippen molar-refractivity contribution in [2.75, 3.05) is 19.8 Å². The first-order valence-corrected chi connectivity index (χ1v) is 8.78. The highest BCUT2D eigenvalue weighted by molar-refractivity contribution is 9.10. The molecule has 1 atom stereocenters. The normalized spacial score (nSPS) is 18.8. The lowest BCUT2D eigenvalue weighted by atomic mass is 10.1. The van der Waals surface area contributed by atoms with E-state index in [1.165, 1.54) is 12.1 Å². The number of ether oxygens (including phenoxy) is 1. The molecule has 1 aliphatic rings. The summed E-state index contributed by atoms with van der Waals surface area (Å²) in [6.45, 7) is 1.70. The van der Waals surface area contributed by atoms with Crippen molar-refractivity contribution in [3.63, 3.8) is 0 Å². The van der Waals surface area contributed by atoms with Gasteiger partial charge in [-0.1, -0.05) is 0 Å². The number of hydrogen-bond donors (Lipinski definition) is 2. The monoisotopic (exact) mass is 377 g/mol. The molecule has 0 aliphatic carbocycles. The van der Waals surface area contributed by atoms with Crippen molar-refractivity contribution in [2.45, 2.75) is 17.7 Å². The molecule has 6 nitrogen and oxygen atoms in total. The molecule has 8 heteroatoms. The molecule has 1 heterocycles. The molecule has 1 aliphatic heterocycles. The van der Waals surface area contributed by atoms with Crippen LogP contribution in [-0.4, -0.2) is 39.3 Å². The van der Waals surface area contributed by atoms with Gasteiger partial charge in [-0.2, -0.15) is 0 Å². The molecular weight excluding hydrogens is 362 g/mol. The minimum Gasteiger partial charge on any atom is -0.478 e. The van der Waals surface area contributed by atoms with Crippen LogP contribution >= 0.6 is 15.9 Å². The third-order valence-corrected chi connectivity index (χ3v) is 5.79. The number of carboxylic acid groups (broad SMARTS) is 1. The largest absolute Gasteiger partial charge is 0.478 e. The molecule has 0 amide bonds. The van der Waals surface area contributed by atoms with E-state index < -0.39 is 16.0 Å². The van der Waals surface area contributed by atoms with E-state index in [0.29, 0.717) is 30.0 Å². The number of aromatic carboxylic acids is 1. The predicted molar refractivity (Wildman–Crippen MR) is 79.8 cm³/mol. The Morgan fingerprint density at radius 1 is 1.48 bits per heavy atom. The summed E-state index contributed by atoms with van der Waals surface area (Å²) in [6, 6.07) is 3.91. The van der Waals surface area contributed by atoms with Crippen molar-refractivity contribution in [3.8, 4) is 0 Å². The Bertz CT molecular complexity index is 625. The smallest absolute Gasteiger partial charge is 0.335 e. The average molecular weight is 378 g/mol. The third-order valence-electron chi connectivity index (χ3n) is 3.34. The van der Waals surface area contributed by atoms with Gasteiger partial charge in [0.1, 0.15) is 0 Å². The summed E-state index contributed by atoms with van der Waals surface area (Å²) in [5.41, 5.74) is -0.0669. The summed E-state index contributed by atoms with van der Waals surface area (Å²) < 4.78 is 32.5. The SMILES string of the molecule is O=C(O)c1ccc(Br)c(S(=O)(=O)NCCC2CCOC2)c1. The lowest BCUT2D eigenvalue weighted by Gasteiger charge is -2.11. The quantitative estimate of drug-likeness (QED) is 0.788. The Hall–Kier alpha value is -0.960. The highest BCUT2D eigenvalue weighted by Gasteiger charge is 2.21. The van der Waals surface area contributed by atoms with Crippen LogP contribution in [0, 0.1) is 5.92 Å². The molecule has 1 aromatic carbocycles. The summed E-state index contributed by atoms with van der Waals surface area (Å²) in [7, 11) is -3.74. The highest BCUT2D eigenvalue weighted by Crippen LogP contribution is 2.23. The fourth-order valence-electron chi connectivity index (χ4n) is 2.13. The molecule has 116 valence electrons. The van der Waals surface area contributed by atoms with Crippen molar-refractivity contribution >= 4 is 31.9 Å². The van der Waals surface area contributed by atoms with Gasteiger partial charge in [0.15, 0.2) is 0 Å². The number of hydrogen-bond acceptors (Lipinski definition) is 4. The van der Waals surface area contributed by atoms with Crippen molar-refractivity contribution in [1.29, 1.82) is 0 Å². The van der Waals surface area contributed by atoms with E-state index in [-0.39, 0.29) is 10.5 Å². The van der Waals surface area contributed by atoms with Gasteiger partial charge in [0.05, 0.1) is 10.5 Å². The summed E-state index contributed by atoms with van der Waals surface area (Å²) in [5, 5.41) is 8.94. The Labute approximate surface area is 131 Å². The van der Waals surface area contributed by atoms with Crippen LogP contribution in [0.2, 0.25) is 0 Å². The predicted octanol–water partition coefficient (Wildman–Crippen LogP) is 1.85. The zero-order valence-electron chi connectivity index (χ0n) is 11.2. The van der Waals surface area contributed by atoms with Gasteiger partial charge >= 0.3 is 5.97 Å². The number of carboxylic acids is 1. The molecule has 0 aromatic heterocycles. The van der Waals surface area contributed by atoms with E-state index in [0.717, 1.165) is 19.1 Å². The minimum atomic E-state index is -3.74. The maximum absolute atomic E-state index is 12.2. The molecular formula is C13H16BrNO5S. The van der Waals surface area contributed by atoms with Crippen LogP contribution in [0.25, 0.3) is 0 Å². The van der Waals surface area contributed by atoms with Crippen LogP contribution in [0.15, 0.2) is 27.6 Å². The van der Waals surface area contributed by atoms with E-state index in [1.807, 2.05) is 0 Å². The second-order valence-corrected chi connectivity index (χ2v) is 7.46. The summed E-state index contributed by atoms with van der Waals surface area (Å²) >= 11 is 3.14. The lowest BCUT2D eigenvalue weighted by Crippen LogP contribution is -2.27. The van der Waals surface area contributed by atoms with E-state index in [2.05, 4.69) is 20.7 Å². The first kappa shape index (κ1) is 16.4. The van der Waals surface area contributed by atoms with Crippen LogP contribution < -0.4 is 4.72 Å². The zero-order chi connectivity index (χ0) is 15.5. The van der Waals surface area contributed by atoms with Crippen LogP contribution in [0.1, 0.15) is 23.2 Å². The lowest BCUT2D eigenvalue weighted by molar-refractivity contribution is 0.0696. The van der Waals surface area contributed by atoms with Gasteiger partial charge in [-0.3, -0.25) is 0 Å².